The molecule has 96 valence electrons. The molecule has 0 aliphatic rings. The molecule has 0 aromatic carbocycles. The SMILES string of the molecule is CC(C)Cn1ncnc1CNCCCC(N)=O. The van der Waals surface area contributed by atoms with Crippen LogP contribution in [0, 0.1) is 5.92 Å². The zero-order chi connectivity index (χ0) is 12.7. The maximum atomic E-state index is 10.5. The molecule has 0 bridgehead atoms. The van der Waals surface area contributed by atoms with Crippen LogP contribution in [0.3, 0.4) is 0 Å². The normalized spacial score (nSPS) is 11.0. The second-order valence-corrected chi connectivity index (χ2v) is 4.50. The van der Waals surface area contributed by atoms with Crippen molar-refractivity contribution in [1.82, 2.24) is 20.1 Å². The lowest BCUT2D eigenvalue weighted by Crippen LogP contribution is -2.21. The van der Waals surface area contributed by atoms with Crippen molar-refractivity contribution < 1.29 is 4.79 Å². The number of hydrogen-bond donors (Lipinski definition) is 2. The van der Waals surface area contributed by atoms with E-state index in [-0.39, 0.29) is 5.91 Å². The second kappa shape index (κ2) is 7.01. The van der Waals surface area contributed by atoms with E-state index in [9.17, 15) is 4.79 Å². The van der Waals surface area contributed by atoms with E-state index in [4.69, 9.17) is 5.73 Å². The first-order chi connectivity index (χ1) is 8.09. The van der Waals surface area contributed by atoms with Crippen LogP contribution in [-0.2, 0) is 17.9 Å². The Hall–Kier alpha value is -1.43. The highest BCUT2D eigenvalue weighted by Crippen LogP contribution is 2.00. The molecule has 0 aliphatic carbocycles. The molecule has 0 fully saturated rings. The van der Waals surface area contributed by atoms with Crippen molar-refractivity contribution in [2.75, 3.05) is 6.54 Å². The van der Waals surface area contributed by atoms with Gasteiger partial charge >= 0.3 is 0 Å². The van der Waals surface area contributed by atoms with Crippen molar-refractivity contribution in [1.29, 1.82) is 0 Å². The minimum Gasteiger partial charge on any atom is -0.370 e. The van der Waals surface area contributed by atoms with Crippen LogP contribution in [0.5, 0.6) is 0 Å². The molecule has 17 heavy (non-hydrogen) atoms. The molecule has 0 saturated carbocycles. The van der Waals surface area contributed by atoms with Crippen LogP contribution >= 0.6 is 0 Å². The zero-order valence-corrected chi connectivity index (χ0v) is 10.5. The van der Waals surface area contributed by atoms with Gasteiger partial charge in [0.25, 0.3) is 0 Å². The van der Waals surface area contributed by atoms with Crippen molar-refractivity contribution in [3.63, 3.8) is 0 Å². The molecular weight excluding hydrogens is 218 g/mol. The summed E-state index contributed by atoms with van der Waals surface area (Å²) in [7, 11) is 0. The first kappa shape index (κ1) is 13.6. The zero-order valence-electron chi connectivity index (χ0n) is 10.5. The highest BCUT2D eigenvalue weighted by Gasteiger charge is 2.05. The minimum absolute atomic E-state index is 0.255. The molecule has 1 aromatic rings. The Morgan fingerprint density at radius 1 is 1.59 bits per heavy atom. The Morgan fingerprint density at radius 3 is 3.00 bits per heavy atom. The monoisotopic (exact) mass is 239 g/mol. The van der Waals surface area contributed by atoms with Crippen LogP contribution in [0.4, 0.5) is 0 Å². The molecule has 6 heteroatoms. The number of carbonyl (C=O) groups excluding carboxylic acids is 1. The summed E-state index contributed by atoms with van der Waals surface area (Å²) in [5.74, 6) is 1.22. The molecule has 0 aliphatic heterocycles. The molecule has 0 unspecified atom stereocenters. The Bertz CT molecular complexity index is 347. The summed E-state index contributed by atoms with van der Waals surface area (Å²) >= 11 is 0. The topological polar surface area (TPSA) is 85.8 Å². The fraction of sp³-hybridized carbons (Fsp3) is 0.727. The van der Waals surface area contributed by atoms with Crippen molar-refractivity contribution in [3.8, 4) is 0 Å². The summed E-state index contributed by atoms with van der Waals surface area (Å²) in [6.07, 6.45) is 2.75. The predicted octanol–water partition coefficient (Wildman–Crippen LogP) is 0.289. The Balaban J connectivity index is 2.26. The molecule has 0 radical (unpaired) electrons. The van der Waals surface area contributed by atoms with Crippen molar-refractivity contribution in [3.05, 3.63) is 12.2 Å². The first-order valence-electron chi connectivity index (χ1n) is 5.95. The lowest BCUT2D eigenvalue weighted by Gasteiger charge is -2.09. The molecule has 1 heterocycles. The van der Waals surface area contributed by atoms with E-state index in [1.807, 2.05) is 4.68 Å². The number of aromatic nitrogens is 3. The van der Waals surface area contributed by atoms with Crippen LogP contribution in [0.15, 0.2) is 6.33 Å². The van der Waals surface area contributed by atoms with E-state index in [1.165, 1.54) is 0 Å². The molecule has 0 spiro atoms. The number of amides is 1. The third kappa shape index (κ3) is 5.44. The predicted molar refractivity (Wildman–Crippen MR) is 65.0 cm³/mol. The van der Waals surface area contributed by atoms with E-state index in [0.29, 0.717) is 18.9 Å². The van der Waals surface area contributed by atoms with Crippen LogP contribution in [-0.4, -0.2) is 27.2 Å². The third-order valence-corrected chi connectivity index (χ3v) is 2.29. The molecule has 1 rings (SSSR count). The second-order valence-electron chi connectivity index (χ2n) is 4.50. The van der Waals surface area contributed by atoms with Crippen LogP contribution in [0.2, 0.25) is 0 Å². The molecule has 3 N–H and O–H groups in total. The average molecular weight is 239 g/mol. The summed E-state index contributed by atoms with van der Waals surface area (Å²) in [5, 5.41) is 7.40. The number of rotatable bonds is 8. The van der Waals surface area contributed by atoms with Gasteiger partial charge in [-0.05, 0) is 18.9 Å². The van der Waals surface area contributed by atoms with Gasteiger partial charge in [0.15, 0.2) is 0 Å². The van der Waals surface area contributed by atoms with Crippen molar-refractivity contribution in [2.24, 2.45) is 11.7 Å². The van der Waals surface area contributed by atoms with E-state index >= 15 is 0 Å². The molecule has 0 saturated heterocycles. The number of carbonyl (C=O) groups is 1. The van der Waals surface area contributed by atoms with Gasteiger partial charge in [-0.15, -0.1) is 0 Å². The van der Waals surface area contributed by atoms with Crippen LogP contribution in [0.1, 0.15) is 32.5 Å². The summed E-state index contributed by atoms with van der Waals surface area (Å²) in [6, 6.07) is 0. The number of nitrogens with zero attached hydrogens (tertiary/aromatic N) is 3. The highest BCUT2D eigenvalue weighted by atomic mass is 16.1. The lowest BCUT2D eigenvalue weighted by molar-refractivity contribution is -0.118. The van der Waals surface area contributed by atoms with Gasteiger partial charge in [0, 0.05) is 13.0 Å². The van der Waals surface area contributed by atoms with E-state index in [2.05, 4.69) is 29.2 Å². The summed E-state index contributed by atoms with van der Waals surface area (Å²) in [4.78, 5) is 14.7. The Kier molecular flexibility index (Phi) is 5.62. The molecule has 6 nitrogen and oxygen atoms in total. The first-order valence-corrected chi connectivity index (χ1v) is 5.95. The quantitative estimate of drug-likeness (QED) is 0.638. The van der Waals surface area contributed by atoms with Gasteiger partial charge in [-0.25, -0.2) is 9.67 Å². The average Bonchev–Trinajstić information content (AvgIpc) is 2.64. The molecule has 1 amide bonds. The van der Waals surface area contributed by atoms with E-state index < -0.39 is 0 Å². The van der Waals surface area contributed by atoms with E-state index in [0.717, 1.165) is 25.3 Å². The maximum Gasteiger partial charge on any atom is 0.217 e. The van der Waals surface area contributed by atoms with Crippen molar-refractivity contribution in [2.45, 2.75) is 39.8 Å². The fourth-order valence-corrected chi connectivity index (χ4v) is 1.51. The van der Waals surface area contributed by atoms with Gasteiger partial charge in [0.1, 0.15) is 12.2 Å². The fourth-order valence-electron chi connectivity index (χ4n) is 1.51. The summed E-state index contributed by atoms with van der Waals surface area (Å²) in [5.41, 5.74) is 5.06. The number of nitrogens with two attached hydrogens (primary N) is 1. The molecule has 0 atom stereocenters. The number of hydrogen-bond acceptors (Lipinski definition) is 4. The minimum atomic E-state index is -0.255. The van der Waals surface area contributed by atoms with Gasteiger partial charge in [-0.1, -0.05) is 13.8 Å². The van der Waals surface area contributed by atoms with Crippen LogP contribution in [0.25, 0.3) is 0 Å². The lowest BCUT2D eigenvalue weighted by atomic mass is 10.2. The van der Waals surface area contributed by atoms with Gasteiger partial charge in [0.2, 0.25) is 5.91 Å². The standard InChI is InChI=1S/C11H21N5O/c1-9(2)7-16-11(14-8-15-16)6-13-5-3-4-10(12)17/h8-9,13H,3-7H2,1-2H3,(H2,12,17). The largest absolute Gasteiger partial charge is 0.370 e. The number of nitrogens with one attached hydrogen (secondary N) is 1. The van der Waals surface area contributed by atoms with Gasteiger partial charge in [-0.3, -0.25) is 4.79 Å². The van der Waals surface area contributed by atoms with Gasteiger partial charge in [0.05, 0.1) is 6.54 Å². The number of primary amides is 1. The van der Waals surface area contributed by atoms with Gasteiger partial charge < -0.3 is 11.1 Å². The molecule has 1 aromatic heterocycles. The molecular formula is C11H21N5O. The summed E-state index contributed by atoms with van der Waals surface area (Å²) < 4.78 is 1.91. The smallest absolute Gasteiger partial charge is 0.217 e. The Labute approximate surface area is 102 Å². The summed E-state index contributed by atoms with van der Waals surface area (Å²) in [6.45, 7) is 6.60. The third-order valence-electron chi connectivity index (χ3n) is 2.29. The Morgan fingerprint density at radius 2 is 2.35 bits per heavy atom. The maximum absolute atomic E-state index is 10.5. The van der Waals surface area contributed by atoms with Crippen LogP contribution < -0.4 is 11.1 Å². The van der Waals surface area contributed by atoms with Crippen molar-refractivity contribution >= 4 is 5.91 Å². The van der Waals surface area contributed by atoms with Gasteiger partial charge in [-0.2, -0.15) is 5.10 Å². The highest BCUT2D eigenvalue weighted by molar-refractivity contribution is 5.73. The van der Waals surface area contributed by atoms with E-state index in [1.54, 1.807) is 6.33 Å².